The lowest BCUT2D eigenvalue weighted by Crippen LogP contribution is -2.44. The molecular formula is C28H28N2O5. The molecule has 3 aromatic rings. The first-order valence-electron chi connectivity index (χ1n) is 12.0. The van der Waals surface area contributed by atoms with Gasteiger partial charge in [0.25, 0.3) is 0 Å². The number of hydrogen-bond acceptors (Lipinski definition) is 6. The summed E-state index contributed by atoms with van der Waals surface area (Å²) in [6.45, 7) is 4.79. The van der Waals surface area contributed by atoms with E-state index in [1.54, 1.807) is 18.2 Å². The van der Waals surface area contributed by atoms with E-state index in [2.05, 4.69) is 60.8 Å². The van der Waals surface area contributed by atoms with Crippen LogP contribution in [0.15, 0.2) is 48.7 Å². The van der Waals surface area contributed by atoms with Gasteiger partial charge in [0.15, 0.2) is 23.9 Å². The Hall–Kier alpha value is -3.58. The summed E-state index contributed by atoms with van der Waals surface area (Å²) in [5.41, 5.74) is 5.38. The molecule has 2 aliphatic heterocycles. The zero-order chi connectivity index (χ0) is 24.3. The molecule has 3 aliphatic rings. The van der Waals surface area contributed by atoms with Crippen LogP contribution in [-0.2, 0) is 16.0 Å². The number of rotatable bonds is 5. The summed E-state index contributed by atoms with van der Waals surface area (Å²) < 4.78 is 18.4. The SMILES string of the molecule is CC(C)n1cc2c3c(cccc31)C1=C[C@@H](C(=O)OCC(=O)c3ccc4c(c3)OCO4)CN(C)[C@@H]1C2. The number of likely N-dealkylation sites (N-methyl/N-ethyl adjacent to an activating group) is 1. The summed E-state index contributed by atoms with van der Waals surface area (Å²) in [5, 5.41) is 1.28. The third kappa shape index (κ3) is 3.62. The number of aromatic nitrogens is 1. The normalized spacial score (nSPS) is 20.6. The van der Waals surface area contributed by atoms with Crippen molar-refractivity contribution in [2.45, 2.75) is 32.4 Å². The maximum atomic E-state index is 13.0. The van der Waals surface area contributed by atoms with Gasteiger partial charge in [-0.05, 0) is 68.3 Å². The Morgan fingerprint density at radius 1 is 1.14 bits per heavy atom. The molecule has 7 nitrogen and oxygen atoms in total. The summed E-state index contributed by atoms with van der Waals surface area (Å²) in [6.07, 6.45) is 5.26. The Morgan fingerprint density at radius 2 is 1.97 bits per heavy atom. The van der Waals surface area contributed by atoms with Crippen LogP contribution in [0, 0.1) is 5.92 Å². The van der Waals surface area contributed by atoms with Gasteiger partial charge in [0.2, 0.25) is 6.79 Å². The second-order valence-corrected chi connectivity index (χ2v) is 9.84. The van der Waals surface area contributed by atoms with E-state index in [9.17, 15) is 9.59 Å². The van der Waals surface area contributed by atoms with Crippen LogP contribution in [0.5, 0.6) is 11.5 Å². The first-order chi connectivity index (χ1) is 16.9. The Labute approximate surface area is 203 Å². The number of ketones is 1. The van der Waals surface area contributed by atoms with Crippen LogP contribution in [0.2, 0.25) is 0 Å². The van der Waals surface area contributed by atoms with E-state index >= 15 is 0 Å². The maximum Gasteiger partial charge on any atom is 0.314 e. The van der Waals surface area contributed by atoms with Crippen molar-refractivity contribution in [3.8, 4) is 11.5 Å². The Bertz CT molecular complexity index is 1390. The number of ether oxygens (including phenoxy) is 3. The van der Waals surface area contributed by atoms with Gasteiger partial charge in [-0.2, -0.15) is 0 Å². The predicted molar refractivity (Wildman–Crippen MR) is 132 cm³/mol. The number of carbonyl (C=O) groups excluding carboxylic acids is 2. The molecule has 1 aliphatic carbocycles. The van der Waals surface area contributed by atoms with Gasteiger partial charge >= 0.3 is 5.97 Å². The number of benzene rings is 2. The van der Waals surface area contributed by atoms with Crippen molar-refractivity contribution in [1.29, 1.82) is 0 Å². The third-order valence-corrected chi connectivity index (χ3v) is 7.32. The second-order valence-electron chi connectivity index (χ2n) is 9.84. The van der Waals surface area contributed by atoms with Crippen molar-refractivity contribution in [2.24, 2.45) is 5.92 Å². The smallest absolute Gasteiger partial charge is 0.314 e. The average molecular weight is 473 g/mol. The topological polar surface area (TPSA) is 70.0 Å². The third-order valence-electron chi connectivity index (χ3n) is 7.32. The highest BCUT2D eigenvalue weighted by atomic mass is 16.7. The molecule has 2 aromatic carbocycles. The van der Waals surface area contributed by atoms with Gasteiger partial charge in [-0.3, -0.25) is 14.5 Å². The van der Waals surface area contributed by atoms with Gasteiger partial charge in [0.1, 0.15) is 0 Å². The number of fused-ring (bicyclic) bond motifs is 3. The van der Waals surface area contributed by atoms with Crippen molar-refractivity contribution in [3.63, 3.8) is 0 Å². The molecule has 0 unspecified atom stereocenters. The maximum absolute atomic E-state index is 13.0. The monoisotopic (exact) mass is 472 g/mol. The van der Waals surface area contributed by atoms with Crippen molar-refractivity contribution >= 4 is 28.2 Å². The fourth-order valence-corrected chi connectivity index (χ4v) is 5.56. The molecule has 2 atom stereocenters. The first kappa shape index (κ1) is 21.9. The molecule has 0 amide bonds. The molecule has 6 rings (SSSR count). The number of nitrogens with zero attached hydrogens (tertiary/aromatic N) is 2. The van der Waals surface area contributed by atoms with E-state index in [0.717, 1.165) is 6.42 Å². The van der Waals surface area contributed by atoms with Gasteiger partial charge in [-0.1, -0.05) is 18.2 Å². The molecule has 0 N–H and O–H groups in total. The van der Waals surface area contributed by atoms with Crippen LogP contribution in [0.3, 0.4) is 0 Å². The predicted octanol–water partition coefficient (Wildman–Crippen LogP) is 4.25. The van der Waals surface area contributed by atoms with Crippen LogP contribution < -0.4 is 9.47 Å². The van der Waals surface area contributed by atoms with E-state index in [1.165, 1.54) is 27.6 Å². The molecule has 35 heavy (non-hydrogen) atoms. The molecule has 0 saturated carbocycles. The molecule has 3 heterocycles. The summed E-state index contributed by atoms with van der Waals surface area (Å²) in [7, 11) is 2.06. The molecule has 0 radical (unpaired) electrons. The molecule has 1 aromatic heterocycles. The highest BCUT2D eigenvalue weighted by Gasteiger charge is 2.37. The van der Waals surface area contributed by atoms with Gasteiger partial charge in [-0.25, -0.2) is 0 Å². The summed E-state index contributed by atoms with van der Waals surface area (Å²) in [5.74, 6) is 0.0613. The molecule has 0 spiro atoms. The minimum absolute atomic E-state index is 0.143. The molecule has 0 fully saturated rings. The van der Waals surface area contributed by atoms with Crippen molar-refractivity contribution in [1.82, 2.24) is 9.47 Å². The zero-order valence-corrected chi connectivity index (χ0v) is 20.1. The Morgan fingerprint density at radius 3 is 2.80 bits per heavy atom. The van der Waals surface area contributed by atoms with E-state index in [0.29, 0.717) is 29.6 Å². The van der Waals surface area contributed by atoms with Crippen molar-refractivity contribution < 1.29 is 23.8 Å². The van der Waals surface area contributed by atoms with Gasteiger partial charge in [0.05, 0.1) is 5.92 Å². The minimum Gasteiger partial charge on any atom is -0.457 e. The zero-order valence-electron chi connectivity index (χ0n) is 20.1. The number of hydrogen-bond donors (Lipinski definition) is 0. The van der Waals surface area contributed by atoms with Crippen molar-refractivity contribution in [3.05, 3.63) is 65.4 Å². The lowest BCUT2D eigenvalue weighted by atomic mass is 9.80. The summed E-state index contributed by atoms with van der Waals surface area (Å²) in [4.78, 5) is 27.9. The molecule has 7 heteroatoms. The summed E-state index contributed by atoms with van der Waals surface area (Å²) >= 11 is 0. The van der Waals surface area contributed by atoms with Gasteiger partial charge in [-0.15, -0.1) is 0 Å². The lowest BCUT2D eigenvalue weighted by molar-refractivity contribution is -0.146. The fraction of sp³-hybridized carbons (Fsp3) is 0.357. The molecule has 0 saturated heterocycles. The van der Waals surface area contributed by atoms with Gasteiger partial charge in [0, 0.05) is 41.3 Å². The lowest BCUT2D eigenvalue weighted by Gasteiger charge is -2.39. The molecule has 0 bridgehead atoms. The van der Waals surface area contributed by atoms with Crippen LogP contribution >= 0.6 is 0 Å². The number of esters is 1. The quantitative estimate of drug-likeness (QED) is 0.409. The number of Topliss-reactive ketones (excluding diaryl/α,β-unsaturated/α-hetero) is 1. The molecular weight excluding hydrogens is 444 g/mol. The van der Waals surface area contributed by atoms with Gasteiger partial charge < -0.3 is 18.8 Å². The van der Waals surface area contributed by atoms with Crippen LogP contribution in [-0.4, -0.2) is 54.3 Å². The first-order valence-corrected chi connectivity index (χ1v) is 12.0. The largest absolute Gasteiger partial charge is 0.457 e. The molecule has 180 valence electrons. The average Bonchev–Trinajstić information content (AvgIpc) is 3.48. The van der Waals surface area contributed by atoms with Crippen LogP contribution in [0.25, 0.3) is 16.5 Å². The van der Waals surface area contributed by atoms with Crippen LogP contribution in [0.4, 0.5) is 0 Å². The van der Waals surface area contributed by atoms with E-state index < -0.39 is 5.92 Å². The van der Waals surface area contributed by atoms with Crippen LogP contribution in [0.1, 0.15) is 41.4 Å². The van der Waals surface area contributed by atoms with E-state index in [-0.39, 0.29) is 31.2 Å². The number of carbonyl (C=O) groups is 2. The summed E-state index contributed by atoms with van der Waals surface area (Å²) in [6, 6.07) is 12.0. The Kier molecular flexibility index (Phi) is 5.18. The highest BCUT2D eigenvalue weighted by molar-refractivity contribution is 6.00. The Balaban J connectivity index is 1.24. The standard InChI is InChI=1S/C28H28N2O5/c1-16(2)30-13-18-10-23-21(20-5-4-6-22(30)27(18)20)9-19(12-29(23)3)28(32)33-14-24(31)17-7-8-25-26(11-17)35-15-34-25/h4-9,11,13,16,19,23H,10,12,14-15H2,1-3H3/t19-,23-/m1/s1. The van der Waals surface area contributed by atoms with E-state index in [1.807, 2.05) is 0 Å². The van der Waals surface area contributed by atoms with Crippen molar-refractivity contribution in [2.75, 3.05) is 27.0 Å². The second kappa shape index (κ2) is 8.27. The van der Waals surface area contributed by atoms with E-state index in [4.69, 9.17) is 14.2 Å². The minimum atomic E-state index is -0.431. The fourth-order valence-electron chi connectivity index (χ4n) is 5.56. The highest BCUT2D eigenvalue weighted by Crippen LogP contribution is 2.42.